The Kier molecular flexibility index (Phi) is 5.07. The predicted molar refractivity (Wildman–Crippen MR) is 81.1 cm³/mol. The third-order valence-corrected chi connectivity index (χ3v) is 3.67. The van der Waals surface area contributed by atoms with Crippen LogP contribution >= 0.6 is 39.1 Å². The van der Waals surface area contributed by atoms with Crippen LogP contribution in [0.3, 0.4) is 0 Å². The number of nitrogens with one attached hydrogen (secondary N) is 1. The van der Waals surface area contributed by atoms with Crippen molar-refractivity contribution in [1.82, 2.24) is 5.32 Å². The third-order valence-electron chi connectivity index (χ3n) is 2.57. The largest absolute Gasteiger partial charge is 0.309 e. The molecule has 0 bridgehead atoms. The second kappa shape index (κ2) is 6.58. The maximum absolute atomic E-state index is 6.14. The SMILES string of the molecule is Clc1ccc(CNCc2ccc(Br)cc2Cl)cc1. The van der Waals surface area contributed by atoms with Gasteiger partial charge in [0.2, 0.25) is 0 Å². The number of hydrogen-bond donors (Lipinski definition) is 1. The second-order valence-corrected chi connectivity index (χ2v) is 5.73. The molecular formula is C14H12BrCl2N. The summed E-state index contributed by atoms with van der Waals surface area (Å²) in [6, 6.07) is 13.7. The summed E-state index contributed by atoms with van der Waals surface area (Å²) in [6.45, 7) is 1.54. The van der Waals surface area contributed by atoms with Gasteiger partial charge < -0.3 is 5.32 Å². The molecule has 0 aliphatic carbocycles. The minimum Gasteiger partial charge on any atom is -0.309 e. The van der Waals surface area contributed by atoms with E-state index in [9.17, 15) is 0 Å². The first kappa shape index (κ1) is 13.9. The highest BCUT2D eigenvalue weighted by molar-refractivity contribution is 9.10. The lowest BCUT2D eigenvalue weighted by molar-refractivity contribution is 0.693. The molecule has 0 spiro atoms. The molecule has 0 heterocycles. The number of rotatable bonds is 4. The summed E-state index contributed by atoms with van der Waals surface area (Å²) in [4.78, 5) is 0. The summed E-state index contributed by atoms with van der Waals surface area (Å²) in [5, 5.41) is 4.89. The fourth-order valence-corrected chi connectivity index (χ4v) is 2.48. The molecule has 0 atom stereocenters. The van der Waals surface area contributed by atoms with Gasteiger partial charge in [-0.1, -0.05) is 57.3 Å². The summed E-state index contributed by atoms with van der Waals surface area (Å²) < 4.78 is 0.994. The van der Waals surface area contributed by atoms with Gasteiger partial charge in [0.15, 0.2) is 0 Å². The number of halogens is 3. The Labute approximate surface area is 125 Å². The van der Waals surface area contributed by atoms with Crippen LogP contribution in [0.1, 0.15) is 11.1 Å². The Hall–Kier alpha value is -0.540. The Morgan fingerprint density at radius 1 is 0.944 bits per heavy atom. The monoisotopic (exact) mass is 343 g/mol. The molecule has 0 unspecified atom stereocenters. The molecule has 2 aromatic carbocycles. The first-order valence-electron chi connectivity index (χ1n) is 5.54. The van der Waals surface area contributed by atoms with Gasteiger partial charge in [-0.3, -0.25) is 0 Å². The zero-order chi connectivity index (χ0) is 13.0. The highest BCUT2D eigenvalue weighted by Gasteiger charge is 2.00. The zero-order valence-corrected chi connectivity index (χ0v) is 12.7. The van der Waals surface area contributed by atoms with Gasteiger partial charge in [0.05, 0.1) is 0 Å². The average molecular weight is 345 g/mol. The van der Waals surface area contributed by atoms with Crippen LogP contribution in [0, 0.1) is 0 Å². The normalized spacial score (nSPS) is 10.6. The van der Waals surface area contributed by atoms with E-state index in [4.69, 9.17) is 23.2 Å². The first-order valence-corrected chi connectivity index (χ1v) is 7.09. The van der Waals surface area contributed by atoms with Crippen LogP contribution in [0.4, 0.5) is 0 Å². The van der Waals surface area contributed by atoms with Crippen LogP contribution in [-0.4, -0.2) is 0 Å². The highest BCUT2D eigenvalue weighted by Crippen LogP contribution is 2.21. The van der Waals surface area contributed by atoms with Gasteiger partial charge in [0, 0.05) is 27.6 Å². The van der Waals surface area contributed by atoms with Crippen LogP contribution in [0.15, 0.2) is 46.9 Å². The van der Waals surface area contributed by atoms with Crippen molar-refractivity contribution >= 4 is 39.1 Å². The van der Waals surface area contributed by atoms with Crippen molar-refractivity contribution in [2.75, 3.05) is 0 Å². The summed E-state index contributed by atoms with van der Waals surface area (Å²) in [5.74, 6) is 0. The van der Waals surface area contributed by atoms with Gasteiger partial charge in [-0.2, -0.15) is 0 Å². The minimum atomic E-state index is 0.745. The van der Waals surface area contributed by atoms with Crippen molar-refractivity contribution in [2.45, 2.75) is 13.1 Å². The summed E-state index contributed by atoms with van der Waals surface area (Å²) in [7, 11) is 0. The van der Waals surface area contributed by atoms with E-state index in [0.29, 0.717) is 0 Å². The second-order valence-electron chi connectivity index (χ2n) is 3.97. The van der Waals surface area contributed by atoms with Gasteiger partial charge in [0.25, 0.3) is 0 Å². The summed E-state index contributed by atoms with van der Waals surface area (Å²) in [6.07, 6.45) is 0. The average Bonchev–Trinajstić information content (AvgIpc) is 2.34. The van der Waals surface area contributed by atoms with E-state index in [1.54, 1.807) is 0 Å². The van der Waals surface area contributed by atoms with E-state index in [1.807, 2.05) is 42.5 Å². The van der Waals surface area contributed by atoms with Crippen LogP contribution < -0.4 is 5.32 Å². The van der Waals surface area contributed by atoms with E-state index >= 15 is 0 Å². The van der Waals surface area contributed by atoms with Crippen molar-refractivity contribution in [3.63, 3.8) is 0 Å². The fraction of sp³-hybridized carbons (Fsp3) is 0.143. The molecule has 18 heavy (non-hydrogen) atoms. The van der Waals surface area contributed by atoms with Gasteiger partial charge in [-0.05, 0) is 35.4 Å². The molecule has 0 radical (unpaired) electrons. The molecule has 4 heteroatoms. The maximum Gasteiger partial charge on any atom is 0.0462 e. The van der Waals surface area contributed by atoms with Crippen molar-refractivity contribution in [1.29, 1.82) is 0 Å². The predicted octanol–water partition coefficient (Wildman–Crippen LogP) is 5.05. The van der Waals surface area contributed by atoms with Crippen LogP contribution in [0.2, 0.25) is 10.0 Å². The Morgan fingerprint density at radius 2 is 1.67 bits per heavy atom. The smallest absolute Gasteiger partial charge is 0.0462 e. The highest BCUT2D eigenvalue weighted by atomic mass is 79.9. The van der Waals surface area contributed by atoms with Gasteiger partial charge in [-0.15, -0.1) is 0 Å². The molecule has 1 nitrogen and oxygen atoms in total. The van der Waals surface area contributed by atoms with E-state index in [-0.39, 0.29) is 0 Å². The summed E-state index contributed by atoms with van der Waals surface area (Å²) >= 11 is 15.4. The molecule has 0 fully saturated rings. The van der Waals surface area contributed by atoms with Gasteiger partial charge >= 0.3 is 0 Å². The molecule has 2 rings (SSSR count). The van der Waals surface area contributed by atoms with Gasteiger partial charge in [-0.25, -0.2) is 0 Å². The molecule has 0 saturated heterocycles. The molecular weight excluding hydrogens is 333 g/mol. The third kappa shape index (κ3) is 3.99. The molecule has 94 valence electrons. The molecule has 0 amide bonds. The minimum absolute atomic E-state index is 0.745. The van der Waals surface area contributed by atoms with Crippen LogP contribution in [0.5, 0.6) is 0 Å². The Balaban J connectivity index is 1.90. The van der Waals surface area contributed by atoms with Crippen molar-refractivity contribution < 1.29 is 0 Å². The van der Waals surface area contributed by atoms with Crippen LogP contribution in [-0.2, 0) is 13.1 Å². The number of benzene rings is 2. The van der Waals surface area contributed by atoms with E-state index in [2.05, 4.69) is 21.2 Å². The van der Waals surface area contributed by atoms with Crippen molar-refractivity contribution in [2.24, 2.45) is 0 Å². The Bertz CT molecular complexity index is 526. The Morgan fingerprint density at radius 3 is 2.33 bits per heavy atom. The topological polar surface area (TPSA) is 12.0 Å². The fourth-order valence-electron chi connectivity index (χ4n) is 1.61. The lowest BCUT2D eigenvalue weighted by Gasteiger charge is -2.07. The first-order chi connectivity index (χ1) is 8.65. The van der Waals surface area contributed by atoms with E-state index < -0.39 is 0 Å². The zero-order valence-electron chi connectivity index (χ0n) is 9.59. The van der Waals surface area contributed by atoms with E-state index in [1.165, 1.54) is 5.56 Å². The number of hydrogen-bond acceptors (Lipinski definition) is 1. The standard InChI is InChI=1S/C14H12BrCl2N/c15-12-4-3-11(14(17)7-12)9-18-8-10-1-5-13(16)6-2-10/h1-7,18H,8-9H2. The van der Waals surface area contributed by atoms with Crippen molar-refractivity contribution in [3.05, 3.63) is 68.1 Å². The summed E-state index contributed by atoms with van der Waals surface area (Å²) in [5.41, 5.74) is 2.29. The molecule has 1 N–H and O–H groups in total. The van der Waals surface area contributed by atoms with Crippen LogP contribution in [0.25, 0.3) is 0 Å². The molecule has 0 aromatic heterocycles. The molecule has 0 aliphatic rings. The van der Waals surface area contributed by atoms with Gasteiger partial charge in [0.1, 0.15) is 0 Å². The maximum atomic E-state index is 6.14. The van der Waals surface area contributed by atoms with Crippen molar-refractivity contribution in [3.8, 4) is 0 Å². The molecule has 0 saturated carbocycles. The lowest BCUT2D eigenvalue weighted by Crippen LogP contribution is -2.12. The van der Waals surface area contributed by atoms with E-state index in [0.717, 1.165) is 33.2 Å². The quantitative estimate of drug-likeness (QED) is 0.818. The molecule has 0 aliphatic heterocycles. The molecule has 2 aromatic rings. The lowest BCUT2D eigenvalue weighted by atomic mass is 10.2.